The van der Waals surface area contributed by atoms with Gasteiger partial charge in [0.25, 0.3) is 11.8 Å². The number of carbonyl (C=O) groups excluding carboxylic acids is 2. The summed E-state index contributed by atoms with van der Waals surface area (Å²) in [4.78, 5) is 27.6. The number of nitrogens with zero attached hydrogens (tertiary/aromatic N) is 2. The molecule has 2 rings (SSSR count). The zero-order valence-electron chi connectivity index (χ0n) is 11.7. The van der Waals surface area contributed by atoms with Crippen LogP contribution in [-0.4, -0.2) is 23.9 Å². The van der Waals surface area contributed by atoms with Crippen LogP contribution >= 0.6 is 0 Å². The maximum atomic E-state index is 12.1. The molecule has 0 N–H and O–H groups in total. The number of fused-ring (bicyclic) bond motifs is 1. The van der Waals surface area contributed by atoms with Crippen LogP contribution in [-0.2, 0) is 9.59 Å². The standard InChI is InChI=1S/C16H18N2O2/c1-5-15(19)17-11(3)12(4)18(16(20)6-2)14-10-8-7-9-13(14)17/h5-12H,1-2H2,3-4H3. The summed E-state index contributed by atoms with van der Waals surface area (Å²) in [5, 5.41) is 0. The summed E-state index contributed by atoms with van der Waals surface area (Å²) in [6.07, 6.45) is 2.59. The zero-order valence-corrected chi connectivity index (χ0v) is 11.7. The minimum Gasteiger partial charge on any atom is -0.302 e. The molecule has 0 saturated heterocycles. The van der Waals surface area contributed by atoms with E-state index in [0.717, 1.165) is 11.4 Å². The second kappa shape index (κ2) is 5.33. The normalized spacial score (nSPS) is 21.1. The van der Waals surface area contributed by atoms with Crippen molar-refractivity contribution >= 4 is 23.2 Å². The number of hydrogen-bond donors (Lipinski definition) is 0. The van der Waals surface area contributed by atoms with Gasteiger partial charge in [0.15, 0.2) is 0 Å². The van der Waals surface area contributed by atoms with Crippen LogP contribution in [0.3, 0.4) is 0 Å². The van der Waals surface area contributed by atoms with Crippen LogP contribution in [0.15, 0.2) is 49.6 Å². The van der Waals surface area contributed by atoms with Crippen LogP contribution in [0.5, 0.6) is 0 Å². The van der Waals surface area contributed by atoms with Crippen molar-refractivity contribution in [2.75, 3.05) is 9.80 Å². The van der Waals surface area contributed by atoms with Gasteiger partial charge in [0.1, 0.15) is 0 Å². The summed E-state index contributed by atoms with van der Waals surface area (Å²) < 4.78 is 0. The fourth-order valence-corrected chi connectivity index (χ4v) is 2.58. The Labute approximate surface area is 119 Å². The van der Waals surface area contributed by atoms with E-state index in [1.807, 2.05) is 38.1 Å². The first-order chi connectivity index (χ1) is 9.52. The third-order valence-corrected chi connectivity index (χ3v) is 3.74. The Morgan fingerprint density at radius 3 is 1.60 bits per heavy atom. The SMILES string of the molecule is C=CC(=O)N1c2ccccc2N(C(=O)C=C)C(C)C1C. The Morgan fingerprint density at radius 1 is 0.950 bits per heavy atom. The van der Waals surface area contributed by atoms with E-state index in [2.05, 4.69) is 13.2 Å². The fourth-order valence-electron chi connectivity index (χ4n) is 2.58. The molecule has 0 aliphatic carbocycles. The highest BCUT2D eigenvalue weighted by molar-refractivity contribution is 6.10. The number of hydrogen-bond acceptors (Lipinski definition) is 2. The van der Waals surface area contributed by atoms with Gasteiger partial charge in [0.05, 0.1) is 23.5 Å². The summed E-state index contributed by atoms with van der Waals surface area (Å²) in [6, 6.07) is 7.09. The van der Waals surface area contributed by atoms with Crippen LogP contribution in [0.4, 0.5) is 11.4 Å². The molecule has 1 aromatic carbocycles. The van der Waals surface area contributed by atoms with Gasteiger partial charge in [-0.05, 0) is 38.1 Å². The Bertz CT molecular complexity index is 529. The molecule has 20 heavy (non-hydrogen) atoms. The summed E-state index contributed by atoms with van der Waals surface area (Å²) in [6.45, 7) is 10.9. The van der Waals surface area contributed by atoms with Gasteiger partial charge in [-0.2, -0.15) is 0 Å². The minimum absolute atomic E-state index is 0.140. The molecule has 1 aromatic rings. The largest absolute Gasteiger partial charge is 0.302 e. The maximum absolute atomic E-state index is 12.1. The Morgan fingerprint density at radius 2 is 1.30 bits per heavy atom. The Balaban J connectivity index is 2.62. The molecule has 2 atom stereocenters. The lowest BCUT2D eigenvalue weighted by molar-refractivity contribution is -0.116. The quantitative estimate of drug-likeness (QED) is 0.775. The molecule has 104 valence electrons. The second-order valence-corrected chi connectivity index (χ2v) is 4.79. The summed E-state index contributed by atoms with van der Waals surface area (Å²) in [5.74, 6) is -0.329. The van der Waals surface area contributed by atoms with Gasteiger partial charge in [-0.15, -0.1) is 0 Å². The lowest BCUT2D eigenvalue weighted by Gasteiger charge is -2.45. The molecule has 0 bridgehead atoms. The molecular formula is C16H18N2O2. The molecule has 4 nitrogen and oxygen atoms in total. The van der Waals surface area contributed by atoms with Gasteiger partial charge < -0.3 is 9.80 Å². The number of anilines is 2. The highest BCUT2D eigenvalue weighted by Crippen LogP contribution is 2.38. The minimum atomic E-state index is -0.164. The molecular weight excluding hydrogens is 252 g/mol. The van der Waals surface area contributed by atoms with Crippen LogP contribution in [0, 0.1) is 0 Å². The van der Waals surface area contributed by atoms with Crippen molar-refractivity contribution in [3.8, 4) is 0 Å². The summed E-state index contributed by atoms with van der Waals surface area (Å²) >= 11 is 0. The molecule has 0 saturated carbocycles. The Hall–Kier alpha value is -2.36. The van der Waals surface area contributed by atoms with Crippen molar-refractivity contribution in [1.29, 1.82) is 0 Å². The van der Waals surface area contributed by atoms with Crippen LogP contribution in [0.2, 0.25) is 0 Å². The number of para-hydroxylation sites is 2. The van der Waals surface area contributed by atoms with Gasteiger partial charge in [-0.3, -0.25) is 9.59 Å². The van der Waals surface area contributed by atoms with Crippen molar-refractivity contribution < 1.29 is 9.59 Å². The van der Waals surface area contributed by atoms with E-state index in [9.17, 15) is 9.59 Å². The first-order valence-corrected chi connectivity index (χ1v) is 6.53. The van der Waals surface area contributed by atoms with Gasteiger partial charge in [-0.1, -0.05) is 25.3 Å². The van der Waals surface area contributed by atoms with Crippen molar-refractivity contribution in [1.82, 2.24) is 0 Å². The molecule has 1 aliphatic heterocycles. The molecule has 2 unspecified atom stereocenters. The summed E-state index contributed by atoms with van der Waals surface area (Å²) in [7, 11) is 0. The van der Waals surface area contributed by atoms with Gasteiger partial charge in [0, 0.05) is 0 Å². The van der Waals surface area contributed by atoms with Crippen LogP contribution in [0.25, 0.3) is 0 Å². The lowest BCUT2D eigenvalue weighted by atomic mass is 10.00. The van der Waals surface area contributed by atoms with Gasteiger partial charge >= 0.3 is 0 Å². The molecule has 0 radical (unpaired) electrons. The fraction of sp³-hybridized carbons (Fsp3) is 0.250. The first-order valence-electron chi connectivity index (χ1n) is 6.53. The predicted molar refractivity (Wildman–Crippen MR) is 80.7 cm³/mol. The van der Waals surface area contributed by atoms with E-state index in [4.69, 9.17) is 0 Å². The third-order valence-electron chi connectivity index (χ3n) is 3.74. The van der Waals surface area contributed by atoms with Crippen molar-refractivity contribution in [2.45, 2.75) is 25.9 Å². The average molecular weight is 270 g/mol. The summed E-state index contributed by atoms with van der Waals surface area (Å²) in [5.41, 5.74) is 1.44. The Kier molecular flexibility index (Phi) is 3.74. The van der Waals surface area contributed by atoms with E-state index < -0.39 is 0 Å². The number of carbonyl (C=O) groups is 2. The third kappa shape index (κ3) is 2.03. The first kappa shape index (κ1) is 14.1. The van der Waals surface area contributed by atoms with Crippen molar-refractivity contribution in [3.63, 3.8) is 0 Å². The van der Waals surface area contributed by atoms with Crippen LogP contribution < -0.4 is 9.80 Å². The van der Waals surface area contributed by atoms with E-state index in [1.165, 1.54) is 12.2 Å². The van der Waals surface area contributed by atoms with E-state index in [0.29, 0.717) is 0 Å². The molecule has 1 heterocycles. The number of benzene rings is 1. The second-order valence-electron chi connectivity index (χ2n) is 4.79. The number of amides is 2. The monoisotopic (exact) mass is 270 g/mol. The molecule has 4 heteroatoms. The molecule has 0 spiro atoms. The molecule has 0 fully saturated rings. The molecule has 1 aliphatic rings. The highest BCUT2D eigenvalue weighted by Gasteiger charge is 2.38. The van der Waals surface area contributed by atoms with E-state index in [-0.39, 0.29) is 23.9 Å². The number of rotatable bonds is 2. The van der Waals surface area contributed by atoms with Crippen molar-refractivity contribution in [2.24, 2.45) is 0 Å². The average Bonchev–Trinajstić information content (AvgIpc) is 2.47. The van der Waals surface area contributed by atoms with Crippen LogP contribution in [0.1, 0.15) is 13.8 Å². The topological polar surface area (TPSA) is 40.6 Å². The van der Waals surface area contributed by atoms with E-state index in [1.54, 1.807) is 9.80 Å². The van der Waals surface area contributed by atoms with E-state index >= 15 is 0 Å². The smallest absolute Gasteiger partial charge is 0.250 e. The van der Waals surface area contributed by atoms with Gasteiger partial charge in [-0.25, -0.2) is 0 Å². The lowest BCUT2D eigenvalue weighted by Crippen LogP contribution is -2.56. The predicted octanol–water partition coefficient (Wildman–Crippen LogP) is 2.52. The highest BCUT2D eigenvalue weighted by atomic mass is 16.2. The van der Waals surface area contributed by atoms with Gasteiger partial charge in [0.2, 0.25) is 0 Å². The molecule has 2 amide bonds. The molecule has 0 aromatic heterocycles. The zero-order chi connectivity index (χ0) is 14.9. The van der Waals surface area contributed by atoms with Crippen molar-refractivity contribution in [3.05, 3.63) is 49.6 Å². The maximum Gasteiger partial charge on any atom is 0.250 e.